The lowest BCUT2D eigenvalue weighted by molar-refractivity contribution is -0.136. The second-order valence-corrected chi connectivity index (χ2v) is 7.25. The molecule has 2 N–H and O–H groups in total. The molecule has 1 aromatic heterocycles. The number of nitrogens with zero attached hydrogens (tertiary/aromatic N) is 2. The standard InChI is InChI=1S/C21H16Cl2F3N3O/c22-14-7-5-13(6-8-14)19(28-17-4-2-1-3-16(17)23)15-9-10-18(30)29(20(15)27)12-11-21(24,25)26/h1-10H,11-12,27H2. The summed E-state index contributed by atoms with van der Waals surface area (Å²) in [5.74, 6) is -0.118. The Morgan fingerprint density at radius 3 is 2.30 bits per heavy atom. The number of rotatable bonds is 5. The lowest BCUT2D eigenvalue weighted by atomic mass is 10.0. The van der Waals surface area contributed by atoms with E-state index in [1.165, 1.54) is 12.1 Å². The van der Waals surface area contributed by atoms with E-state index in [9.17, 15) is 18.0 Å². The van der Waals surface area contributed by atoms with E-state index in [-0.39, 0.29) is 5.82 Å². The third kappa shape index (κ3) is 5.23. The molecule has 0 aliphatic heterocycles. The molecule has 0 fully saturated rings. The van der Waals surface area contributed by atoms with Crippen molar-refractivity contribution in [2.45, 2.75) is 19.1 Å². The summed E-state index contributed by atoms with van der Waals surface area (Å²) in [5.41, 5.74) is 7.19. The fourth-order valence-corrected chi connectivity index (χ4v) is 3.12. The summed E-state index contributed by atoms with van der Waals surface area (Å²) in [6.45, 7) is -0.595. The molecule has 0 spiro atoms. The maximum absolute atomic E-state index is 12.7. The molecule has 3 aromatic rings. The van der Waals surface area contributed by atoms with Crippen molar-refractivity contribution >= 4 is 40.4 Å². The largest absolute Gasteiger partial charge is 0.390 e. The third-order valence-corrected chi connectivity index (χ3v) is 4.87. The van der Waals surface area contributed by atoms with Crippen molar-refractivity contribution in [3.05, 3.63) is 92.2 Å². The predicted octanol–water partition coefficient (Wildman–Crippen LogP) is 5.86. The summed E-state index contributed by atoms with van der Waals surface area (Å²) in [4.78, 5) is 16.8. The third-order valence-electron chi connectivity index (χ3n) is 4.30. The predicted molar refractivity (Wildman–Crippen MR) is 114 cm³/mol. The number of benzene rings is 2. The number of hydrogen-bond acceptors (Lipinski definition) is 3. The maximum Gasteiger partial charge on any atom is 0.390 e. The van der Waals surface area contributed by atoms with Gasteiger partial charge in [0.15, 0.2) is 0 Å². The van der Waals surface area contributed by atoms with Gasteiger partial charge < -0.3 is 5.73 Å². The van der Waals surface area contributed by atoms with Gasteiger partial charge >= 0.3 is 6.18 Å². The SMILES string of the molecule is Nc1c(C(=Nc2ccccc2Cl)c2ccc(Cl)cc2)ccc(=O)n1CCC(F)(F)F. The van der Waals surface area contributed by atoms with Crippen LogP contribution in [0.2, 0.25) is 10.0 Å². The van der Waals surface area contributed by atoms with E-state index < -0.39 is 24.7 Å². The first kappa shape index (κ1) is 21.9. The average molecular weight is 454 g/mol. The minimum atomic E-state index is -4.42. The van der Waals surface area contributed by atoms with Crippen molar-refractivity contribution in [1.29, 1.82) is 0 Å². The summed E-state index contributed by atoms with van der Waals surface area (Å²) in [6, 6.07) is 16.1. The molecule has 0 saturated heterocycles. The second-order valence-electron chi connectivity index (χ2n) is 6.41. The summed E-state index contributed by atoms with van der Waals surface area (Å²) in [5, 5.41) is 0.881. The monoisotopic (exact) mass is 453 g/mol. The maximum atomic E-state index is 12.7. The molecule has 9 heteroatoms. The molecule has 0 unspecified atom stereocenters. The Morgan fingerprint density at radius 1 is 1.00 bits per heavy atom. The number of nitrogens with two attached hydrogens (primary N) is 1. The molecule has 30 heavy (non-hydrogen) atoms. The minimum Gasteiger partial charge on any atom is -0.384 e. The fourth-order valence-electron chi connectivity index (χ4n) is 2.81. The quantitative estimate of drug-likeness (QED) is 0.491. The van der Waals surface area contributed by atoms with Gasteiger partial charge in [0, 0.05) is 28.8 Å². The molecular formula is C21H16Cl2F3N3O. The van der Waals surface area contributed by atoms with Crippen LogP contribution >= 0.6 is 23.2 Å². The Morgan fingerprint density at radius 2 is 1.67 bits per heavy atom. The number of alkyl halides is 3. The van der Waals surface area contributed by atoms with Crippen LogP contribution < -0.4 is 11.3 Å². The Hall–Kier alpha value is -2.77. The molecular weight excluding hydrogens is 438 g/mol. The van der Waals surface area contributed by atoms with Gasteiger partial charge in [-0.25, -0.2) is 4.99 Å². The van der Waals surface area contributed by atoms with E-state index in [0.29, 0.717) is 32.6 Å². The number of aliphatic imine (C=N–C) groups is 1. The van der Waals surface area contributed by atoms with Crippen LogP contribution in [0.15, 0.2) is 70.5 Å². The molecule has 156 valence electrons. The first-order valence-electron chi connectivity index (χ1n) is 8.81. The van der Waals surface area contributed by atoms with E-state index in [1.54, 1.807) is 48.5 Å². The van der Waals surface area contributed by atoms with Crippen LogP contribution in [0.25, 0.3) is 0 Å². The van der Waals surface area contributed by atoms with Crippen molar-refractivity contribution < 1.29 is 13.2 Å². The van der Waals surface area contributed by atoms with E-state index >= 15 is 0 Å². The zero-order valence-electron chi connectivity index (χ0n) is 15.5. The smallest absolute Gasteiger partial charge is 0.384 e. The topological polar surface area (TPSA) is 60.4 Å². The first-order chi connectivity index (χ1) is 14.2. The van der Waals surface area contributed by atoms with Gasteiger partial charge in [0.25, 0.3) is 5.56 Å². The summed E-state index contributed by atoms with van der Waals surface area (Å²) < 4.78 is 39.0. The summed E-state index contributed by atoms with van der Waals surface area (Å²) >= 11 is 12.2. The minimum absolute atomic E-state index is 0.118. The van der Waals surface area contributed by atoms with Gasteiger partial charge in [-0.15, -0.1) is 0 Å². The summed E-state index contributed by atoms with van der Waals surface area (Å²) in [6.07, 6.45) is -5.61. The molecule has 0 aliphatic carbocycles. The number of halogens is 5. The Balaban J connectivity index is 2.18. The number of para-hydroxylation sites is 1. The summed E-state index contributed by atoms with van der Waals surface area (Å²) in [7, 11) is 0. The highest BCUT2D eigenvalue weighted by Gasteiger charge is 2.27. The lowest BCUT2D eigenvalue weighted by Crippen LogP contribution is -2.27. The van der Waals surface area contributed by atoms with Gasteiger partial charge in [-0.05, 0) is 30.3 Å². The molecule has 4 nitrogen and oxygen atoms in total. The molecule has 0 radical (unpaired) electrons. The van der Waals surface area contributed by atoms with Crippen molar-refractivity contribution in [2.75, 3.05) is 5.73 Å². The van der Waals surface area contributed by atoms with Crippen molar-refractivity contribution in [1.82, 2.24) is 4.57 Å². The second kappa shape index (κ2) is 8.93. The van der Waals surface area contributed by atoms with E-state index in [1.807, 2.05) is 0 Å². The zero-order valence-corrected chi connectivity index (χ0v) is 17.0. The van der Waals surface area contributed by atoms with Crippen LogP contribution in [0.5, 0.6) is 0 Å². The van der Waals surface area contributed by atoms with Crippen LogP contribution in [0, 0.1) is 0 Å². The van der Waals surface area contributed by atoms with Crippen LogP contribution in [0.3, 0.4) is 0 Å². The van der Waals surface area contributed by atoms with E-state index in [4.69, 9.17) is 28.9 Å². The normalized spacial score (nSPS) is 12.2. The Bertz CT molecular complexity index is 1140. The molecule has 1 heterocycles. The van der Waals surface area contributed by atoms with Gasteiger partial charge in [-0.2, -0.15) is 13.2 Å². The molecule has 0 aliphatic rings. The number of aromatic nitrogens is 1. The van der Waals surface area contributed by atoms with Crippen molar-refractivity contribution in [3.8, 4) is 0 Å². The van der Waals surface area contributed by atoms with Gasteiger partial charge in [-0.3, -0.25) is 9.36 Å². The molecule has 2 aromatic carbocycles. The van der Waals surface area contributed by atoms with Crippen LogP contribution in [-0.2, 0) is 6.54 Å². The Labute approximate surface area is 180 Å². The van der Waals surface area contributed by atoms with E-state index in [2.05, 4.69) is 4.99 Å². The molecule has 0 atom stereocenters. The number of anilines is 1. The van der Waals surface area contributed by atoms with Gasteiger partial charge in [-0.1, -0.05) is 47.5 Å². The molecule has 0 amide bonds. The highest BCUT2D eigenvalue weighted by Crippen LogP contribution is 2.28. The van der Waals surface area contributed by atoms with Crippen LogP contribution in [0.1, 0.15) is 17.5 Å². The van der Waals surface area contributed by atoms with Crippen molar-refractivity contribution in [3.63, 3.8) is 0 Å². The average Bonchev–Trinajstić information content (AvgIpc) is 2.68. The number of hydrogen-bond donors (Lipinski definition) is 1. The number of nitrogen functional groups attached to an aromatic ring is 1. The molecule has 0 bridgehead atoms. The van der Waals surface area contributed by atoms with Gasteiger partial charge in [0.2, 0.25) is 0 Å². The van der Waals surface area contributed by atoms with Crippen LogP contribution in [0.4, 0.5) is 24.7 Å². The number of pyridine rings is 1. The fraction of sp³-hybridized carbons (Fsp3) is 0.143. The zero-order chi connectivity index (χ0) is 21.9. The Kier molecular flexibility index (Phi) is 6.53. The lowest BCUT2D eigenvalue weighted by Gasteiger charge is -2.16. The van der Waals surface area contributed by atoms with Gasteiger partial charge in [0.05, 0.1) is 22.8 Å². The van der Waals surface area contributed by atoms with Crippen LogP contribution in [-0.4, -0.2) is 16.5 Å². The first-order valence-corrected chi connectivity index (χ1v) is 9.57. The highest BCUT2D eigenvalue weighted by molar-refractivity contribution is 6.33. The highest BCUT2D eigenvalue weighted by atomic mass is 35.5. The molecule has 0 saturated carbocycles. The van der Waals surface area contributed by atoms with Gasteiger partial charge in [0.1, 0.15) is 5.82 Å². The van der Waals surface area contributed by atoms with E-state index in [0.717, 1.165) is 4.57 Å². The van der Waals surface area contributed by atoms with Crippen molar-refractivity contribution in [2.24, 2.45) is 4.99 Å². The molecule has 3 rings (SSSR count).